The van der Waals surface area contributed by atoms with Gasteiger partial charge < -0.3 is 20.3 Å². The molecular formula is C10H12N2O3. The molecule has 0 aromatic heterocycles. The molecule has 2 rings (SSSR count). The monoisotopic (exact) mass is 208 g/mol. The number of aliphatic hydroxyl groups excluding tert-OH is 2. The fourth-order valence-corrected chi connectivity index (χ4v) is 1.44. The standard InChI is InChI=1S/C10H12N2O3/c11-9-10(5-13,6-14)15-8-4-2-1-3-7(8)12-9/h1-4,13-14H,5-6H2,(H2,11,12). The van der Waals surface area contributed by atoms with E-state index in [2.05, 4.69) is 5.32 Å². The van der Waals surface area contributed by atoms with Crippen LogP contribution >= 0.6 is 0 Å². The molecule has 15 heavy (non-hydrogen) atoms. The van der Waals surface area contributed by atoms with Crippen molar-refractivity contribution >= 4 is 11.5 Å². The molecule has 0 fully saturated rings. The van der Waals surface area contributed by atoms with E-state index in [9.17, 15) is 10.2 Å². The molecule has 0 saturated heterocycles. The van der Waals surface area contributed by atoms with Crippen molar-refractivity contribution in [2.24, 2.45) is 0 Å². The highest BCUT2D eigenvalue weighted by atomic mass is 16.5. The van der Waals surface area contributed by atoms with Crippen molar-refractivity contribution in [2.75, 3.05) is 18.5 Å². The minimum absolute atomic E-state index is 0.0359. The summed E-state index contributed by atoms with van der Waals surface area (Å²) in [7, 11) is 0. The summed E-state index contributed by atoms with van der Waals surface area (Å²) in [5.41, 5.74) is -0.686. The summed E-state index contributed by atoms with van der Waals surface area (Å²) in [5, 5.41) is 28.8. The van der Waals surface area contributed by atoms with E-state index in [-0.39, 0.29) is 5.84 Å². The summed E-state index contributed by atoms with van der Waals surface area (Å²) in [5.74, 6) is 0.489. The normalized spacial score (nSPS) is 17.6. The van der Waals surface area contributed by atoms with E-state index in [4.69, 9.17) is 10.1 Å². The minimum atomic E-state index is -1.35. The number of para-hydroxylation sites is 2. The zero-order valence-electron chi connectivity index (χ0n) is 8.03. The summed E-state index contributed by atoms with van der Waals surface area (Å²) in [6, 6.07) is 7.08. The Labute approximate surface area is 86.8 Å². The Kier molecular flexibility index (Phi) is 2.34. The quantitative estimate of drug-likeness (QED) is 0.559. The van der Waals surface area contributed by atoms with Crippen LogP contribution in [0.15, 0.2) is 24.3 Å². The zero-order valence-corrected chi connectivity index (χ0v) is 8.03. The first-order valence-electron chi connectivity index (χ1n) is 4.58. The van der Waals surface area contributed by atoms with Crippen molar-refractivity contribution in [1.82, 2.24) is 0 Å². The van der Waals surface area contributed by atoms with Crippen LogP contribution in [0.3, 0.4) is 0 Å². The lowest BCUT2D eigenvalue weighted by atomic mass is 10.0. The predicted octanol–water partition coefficient (Wildman–Crippen LogP) is 0.192. The molecule has 0 saturated carbocycles. The molecule has 0 unspecified atom stereocenters. The molecule has 0 bridgehead atoms. The Hall–Kier alpha value is -1.59. The molecule has 5 heteroatoms. The molecule has 1 aromatic rings. The number of rotatable bonds is 2. The number of fused-ring (bicyclic) bond motifs is 1. The van der Waals surface area contributed by atoms with Gasteiger partial charge in [0.1, 0.15) is 11.6 Å². The largest absolute Gasteiger partial charge is 0.472 e. The molecule has 4 N–H and O–H groups in total. The highest BCUT2D eigenvalue weighted by Crippen LogP contribution is 2.32. The molecule has 0 atom stereocenters. The number of amidine groups is 1. The summed E-state index contributed by atoms with van der Waals surface area (Å²) >= 11 is 0. The fourth-order valence-electron chi connectivity index (χ4n) is 1.44. The van der Waals surface area contributed by atoms with E-state index >= 15 is 0 Å². The van der Waals surface area contributed by atoms with Crippen LogP contribution in [0.2, 0.25) is 0 Å². The third-order valence-corrected chi connectivity index (χ3v) is 2.42. The SMILES string of the molecule is N=C1Nc2ccccc2OC1(CO)CO. The molecule has 5 nitrogen and oxygen atoms in total. The molecular weight excluding hydrogens is 196 g/mol. The summed E-state index contributed by atoms with van der Waals surface area (Å²) < 4.78 is 5.44. The third-order valence-electron chi connectivity index (χ3n) is 2.42. The van der Waals surface area contributed by atoms with Gasteiger partial charge in [0.05, 0.1) is 18.9 Å². The summed E-state index contributed by atoms with van der Waals surface area (Å²) in [6.45, 7) is -0.882. The van der Waals surface area contributed by atoms with Crippen molar-refractivity contribution in [3.63, 3.8) is 0 Å². The fraction of sp³-hybridized carbons (Fsp3) is 0.300. The molecule has 1 aliphatic rings. The van der Waals surface area contributed by atoms with Gasteiger partial charge in [0.15, 0.2) is 0 Å². The molecule has 0 amide bonds. The second-order valence-electron chi connectivity index (χ2n) is 3.41. The summed E-state index contributed by atoms with van der Waals surface area (Å²) in [6.07, 6.45) is 0. The number of hydrogen-bond acceptors (Lipinski definition) is 4. The lowest BCUT2D eigenvalue weighted by Crippen LogP contribution is -2.56. The number of ether oxygens (including phenoxy) is 1. The van der Waals surface area contributed by atoms with Gasteiger partial charge in [-0.2, -0.15) is 0 Å². The van der Waals surface area contributed by atoms with Gasteiger partial charge in [0, 0.05) is 0 Å². The lowest BCUT2D eigenvalue weighted by molar-refractivity contribution is 0.0157. The number of anilines is 1. The first-order chi connectivity index (χ1) is 7.22. The molecule has 80 valence electrons. The third kappa shape index (κ3) is 1.45. The van der Waals surface area contributed by atoms with Crippen LogP contribution in [0.4, 0.5) is 5.69 Å². The van der Waals surface area contributed by atoms with E-state index in [0.717, 1.165) is 0 Å². The average Bonchev–Trinajstić information content (AvgIpc) is 2.28. The minimum Gasteiger partial charge on any atom is -0.472 e. The summed E-state index contributed by atoms with van der Waals surface area (Å²) in [4.78, 5) is 0. The van der Waals surface area contributed by atoms with Gasteiger partial charge in [-0.15, -0.1) is 0 Å². The van der Waals surface area contributed by atoms with E-state index in [1.54, 1.807) is 18.2 Å². The molecule has 0 aliphatic carbocycles. The molecule has 0 radical (unpaired) electrons. The van der Waals surface area contributed by atoms with Gasteiger partial charge in [0.25, 0.3) is 0 Å². The van der Waals surface area contributed by atoms with Crippen LogP contribution < -0.4 is 10.1 Å². The van der Waals surface area contributed by atoms with Crippen LogP contribution in [0.25, 0.3) is 0 Å². The van der Waals surface area contributed by atoms with Crippen LogP contribution in [-0.4, -0.2) is 34.9 Å². The first kappa shape index (κ1) is 9.95. The Bertz CT molecular complexity index is 388. The molecule has 1 heterocycles. The van der Waals surface area contributed by atoms with E-state index < -0.39 is 18.8 Å². The van der Waals surface area contributed by atoms with E-state index in [1.165, 1.54) is 0 Å². The Morgan fingerprint density at radius 2 is 1.93 bits per heavy atom. The second kappa shape index (κ2) is 3.52. The van der Waals surface area contributed by atoms with Gasteiger partial charge in [-0.25, -0.2) is 0 Å². The number of hydrogen-bond donors (Lipinski definition) is 4. The van der Waals surface area contributed by atoms with Gasteiger partial charge in [-0.05, 0) is 12.1 Å². The van der Waals surface area contributed by atoms with Crippen LogP contribution in [-0.2, 0) is 0 Å². The Morgan fingerprint density at radius 1 is 1.27 bits per heavy atom. The maximum atomic E-state index is 9.17. The molecule has 1 aromatic carbocycles. The maximum absolute atomic E-state index is 9.17. The highest BCUT2D eigenvalue weighted by Gasteiger charge is 2.40. The van der Waals surface area contributed by atoms with Gasteiger partial charge in [0.2, 0.25) is 5.60 Å². The lowest BCUT2D eigenvalue weighted by Gasteiger charge is -2.36. The molecule has 0 spiro atoms. The van der Waals surface area contributed by atoms with Gasteiger partial charge in [-0.3, -0.25) is 5.41 Å². The van der Waals surface area contributed by atoms with Crippen LogP contribution in [0.5, 0.6) is 5.75 Å². The van der Waals surface area contributed by atoms with Gasteiger partial charge in [-0.1, -0.05) is 12.1 Å². The smallest absolute Gasteiger partial charge is 0.211 e. The average molecular weight is 208 g/mol. The Balaban J connectivity index is 2.41. The topological polar surface area (TPSA) is 85.6 Å². The number of nitrogens with one attached hydrogen (secondary N) is 2. The second-order valence-corrected chi connectivity index (χ2v) is 3.41. The van der Waals surface area contributed by atoms with Crippen molar-refractivity contribution < 1.29 is 14.9 Å². The van der Waals surface area contributed by atoms with Crippen molar-refractivity contribution in [1.29, 1.82) is 5.41 Å². The van der Waals surface area contributed by atoms with Crippen molar-refractivity contribution in [3.05, 3.63) is 24.3 Å². The molecule has 1 aliphatic heterocycles. The number of aliphatic hydroxyl groups is 2. The highest BCUT2D eigenvalue weighted by molar-refractivity contribution is 6.02. The Morgan fingerprint density at radius 3 is 2.60 bits per heavy atom. The van der Waals surface area contributed by atoms with E-state index in [1.807, 2.05) is 6.07 Å². The van der Waals surface area contributed by atoms with Crippen LogP contribution in [0, 0.1) is 5.41 Å². The maximum Gasteiger partial charge on any atom is 0.211 e. The number of benzene rings is 1. The van der Waals surface area contributed by atoms with Gasteiger partial charge >= 0.3 is 0 Å². The first-order valence-corrected chi connectivity index (χ1v) is 4.58. The zero-order chi connectivity index (χ0) is 10.9. The van der Waals surface area contributed by atoms with Crippen molar-refractivity contribution in [2.45, 2.75) is 5.60 Å². The van der Waals surface area contributed by atoms with Crippen LogP contribution in [0.1, 0.15) is 0 Å². The van der Waals surface area contributed by atoms with Crippen molar-refractivity contribution in [3.8, 4) is 5.75 Å². The van der Waals surface area contributed by atoms with E-state index in [0.29, 0.717) is 11.4 Å². The predicted molar refractivity (Wildman–Crippen MR) is 55.3 cm³/mol.